The molecular weight excluding hydrogens is 452 g/mol. The number of nitrogens with one attached hydrogen (secondary N) is 2. The van der Waals surface area contributed by atoms with Gasteiger partial charge in [0, 0.05) is 40.0 Å². The van der Waals surface area contributed by atoms with Crippen LogP contribution in [0.25, 0.3) is 21.9 Å². The van der Waals surface area contributed by atoms with E-state index in [1.807, 2.05) is 6.92 Å². The van der Waals surface area contributed by atoms with Crippen LogP contribution in [-0.2, 0) is 16.0 Å². The topological polar surface area (TPSA) is 145 Å². The Morgan fingerprint density at radius 1 is 1.11 bits per heavy atom. The summed E-state index contributed by atoms with van der Waals surface area (Å²) in [4.78, 5) is 39.7. The van der Waals surface area contributed by atoms with Crippen molar-refractivity contribution in [2.24, 2.45) is 0 Å². The minimum absolute atomic E-state index is 0.0429. The molecule has 2 atom stereocenters. The maximum atomic E-state index is 12.8. The van der Waals surface area contributed by atoms with Crippen LogP contribution in [0.3, 0.4) is 0 Å². The lowest BCUT2D eigenvalue weighted by Gasteiger charge is -2.23. The minimum atomic E-state index is -1.45. The van der Waals surface area contributed by atoms with Crippen molar-refractivity contribution in [2.75, 3.05) is 0 Å². The highest BCUT2D eigenvalue weighted by Gasteiger charge is 2.23. The fourth-order valence-electron chi connectivity index (χ4n) is 4.03. The molecule has 3 N–H and O–H groups in total. The highest BCUT2D eigenvalue weighted by molar-refractivity contribution is 5.89. The maximum Gasteiger partial charge on any atom is 0.339 e. The Hall–Kier alpha value is -4.27. The van der Waals surface area contributed by atoms with Crippen LogP contribution >= 0.6 is 0 Å². The summed E-state index contributed by atoms with van der Waals surface area (Å²) >= 11 is 0. The predicted molar refractivity (Wildman–Crippen MR) is 127 cm³/mol. The van der Waals surface area contributed by atoms with Gasteiger partial charge in [0.15, 0.2) is 6.10 Å². The molecule has 0 unspecified atom stereocenters. The summed E-state index contributed by atoms with van der Waals surface area (Å²) in [5, 5.41) is 25.4. The molecule has 0 saturated carbocycles. The van der Waals surface area contributed by atoms with Crippen molar-refractivity contribution in [3.63, 3.8) is 0 Å². The van der Waals surface area contributed by atoms with E-state index >= 15 is 0 Å². The van der Waals surface area contributed by atoms with E-state index in [-0.39, 0.29) is 12.2 Å². The van der Waals surface area contributed by atoms with Crippen molar-refractivity contribution in [3.05, 3.63) is 69.2 Å². The number of hydrogen-bond acceptors (Lipinski definition) is 7. The molecule has 182 valence electrons. The van der Waals surface area contributed by atoms with Crippen molar-refractivity contribution in [3.8, 4) is 11.5 Å². The van der Waals surface area contributed by atoms with Crippen molar-refractivity contribution >= 4 is 33.7 Å². The van der Waals surface area contributed by atoms with Gasteiger partial charge in [-0.25, -0.2) is 4.79 Å². The Morgan fingerprint density at radius 2 is 1.86 bits per heavy atom. The van der Waals surface area contributed by atoms with Crippen molar-refractivity contribution in [1.82, 2.24) is 10.3 Å². The van der Waals surface area contributed by atoms with Crippen molar-refractivity contribution in [2.45, 2.75) is 46.3 Å². The van der Waals surface area contributed by atoms with Gasteiger partial charge in [-0.3, -0.25) is 4.79 Å². The molecule has 2 aromatic carbocycles. The highest BCUT2D eigenvalue weighted by atomic mass is 16.5. The van der Waals surface area contributed by atoms with Gasteiger partial charge in [0.25, 0.3) is 5.91 Å². The second-order valence-electron chi connectivity index (χ2n) is 8.59. The fourth-order valence-corrected chi connectivity index (χ4v) is 4.03. The number of aliphatic carboxylic acids is 1. The first-order valence-corrected chi connectivity index (χ1v) is 11.1. The Labute approximate surface area is 200 Å². The predicted octanol–water partition coefficient (Wildman–Crippen LogP) is 2.15. The number of aromatic amines is 1. The molecule has 9 nitrogen and oxygen atoms in total. The molecule has 35 heavy (non-hydrogen) atoms. The zero-order valence-corrected chi connectivity index (χ0v) is 19.7. The quantitative estimate of drug-likeness (QED) is 0.346. The number of aromatic nitrogens is 1. The van der Waals surface area contributed by atoms with E-state index in [9.17, 15) is 24.6 Å². The number of carbonyl (C=O) groups is 2. The van der Waals surface area contributed by atoms with Crippen LogP contribution in [0.4, 0.5) is 0 Å². The van der Waals surface area contributed by atoms with Gasteiger partial charge in [0.1, 0.15) is 17.1 Å². The highest BCUT2D eigenvalue weighted by Crippen LogP contribution is 2.30. The van der Waals surface area contributed by atoms with Crippen LogP contribution < -0.4 is 20.8 Å². The summed E-state index contributed by atoms with van der Waals surface area (Å²) < 4.78 is 11.2. The second kappa shape index (κ2) is 9.17. The Morgan fingerprint density at radius 3 is 2.57 bits per heavy atom. The lowest BCUT2D eigenvalue weighted by Crippen LogP contribution is -2.52. The molecule has 0 aliphatic heterocycles. The van der Waals surface area contributed by atoms with Crippen molar-refractivity contribution in [1.29, 1.82) is 0 Å². The van der Waals surface area contributed by atoms with Crippen LogP contribution in [0, 0.1) is 20.8 Å². The summed E-state index contributed by atoms with van der Waals surface area (Å²) in [6, 6.07) is 6.82. The van der Waals surface area contributed by atoms with Crippen molar-refractivity contribution < 1.29 is 29.0 Å². The Kier molecular flexibility index (Phi) is 6.26. The average molecular weight is 477 g/mol. The first-order valence-electron chi connectivity index (χ1n) is 11.1. The summed E-state index contributed by atoms with van der Waals surface area (Å²) in [6.45, 7) is 6.74. The van der Waals surface area contributed by atoms with E-state index in [1.165, 1.54) is 19.1 Å². The molecule has 0 aliphatic rings. The Balaban J connectivity index is 1.52. The lowest BCUT2D eigenvalue weighted by molar-refractivity contribution is -0.308. The smallest absolute Gasteiger partial charge is 0.339 e. The molecule has 0 spiro atoms. The summed E-state index contributed by atoms with van der Waals surface area (Å²) in [7, 11) is 0. The zero-order chi connectivity index (χ0) is 25.4. The molecule has 0 saturated heterocycles. The molecule has 4 aromatic rings. The largest absolute Gasteiger partial charge is 0.548 e. The number of phenols is 1. The number of carboxylic acids is 1. The third-order valence-corrected chi connectivity index (χ3v) is 6.27. The normalized spacial score (nSPS) is 13.0. The van der Waals surface area contributed by atoms with Crippen LogP contribution in [0.1, 0.15) is 29.2 Å². The molecule has 1 amide bonds. The van der Waals surface area contributed by atoms with E-state index in [2.05, 4.69) is 10.3 Å². The number of fused-ring (bicyclic) bond motifs is 2. The number of hydrogen-bond donors (Lipinski definition) is 3. The van der Waals surface area contributed by atoms with Crippen LogP contribution in [0.15, 0.2) is 45.7 Å². The van der Waals surface area contributed by atoms with Gasteiger partial charge in [-0.05, 0) is 69.2 Å². The molecule has 2 aromatic heterocycles. The molecule has 0 aliphatic carbocycles. The molecule has 0 radical (unpaired) electrons. The standard InChI is InChI=1S/C26H26N2O7/c1-12-13(2)26(33)35-23-14(3)22(8-6-18(12)23)34-15(4)24(30)28-21(25(31)32)9-16-11-27-20-7-5-17(29)10-19(16)20/h5-8,10-11,15,21,27,29H,9H2,1-4H3,(H,28,30)(H,31,32)/p-1/t15-,21+/m0/s1. The number of aryl methyl sites for hydroxylation is 2. The first-order chi connectivity index (χ1) is 16.6. The molecular formula is C26H25N2O7-. The maximum absolute atomic E-state index is 12.8. The number of benzene rings is 2. The van der Waals surface area contributed by atoms with Crippen LogP contribution in [-0.4, -0.2) is 34.1 Å². The van der Waals surface area contributed by atoms with E-state index in [1.54, 1.807) is 38.2 Å². The number of amides is 1. The number of carbonyl (C=O) groups excluding carboxylic acids is 2. The number of ether oxygens (including phenoxy) is 1. The number of carboxylic acid groups (broad SMARTS) is 1. The van der Waals surface area contributed by atoms with Gasteiger partial charge < -0.3 is 34.5 Å². The third kappa shape index (κ3) is 4.57. The Bertz CT molecular complexity index is 1520. The fraction of sp³-hybridized carbons (Fsp3) is 0.269. The van der Waals surface area contributed by atoms with Crippen LogP contribution in [0.5, 0.6) is 11.5 Å². The molecule has 4 rings (SSSR count). The molecule has 0 bridgehead atoms. The average Bonchev–Trinajstić information content (AvgIpc) is 3.20. The summed E-state index contributed by atoms with van der Waals surface area (Å²) in [6.07, 6.45) is 0.531. The first kappa shape index (κ1) is 23.9. The minimum Gasteiger partial charge on any atom is -0.548 e. The third-order valence-electron chi connectivity index (χ3n) is 6.27. The summed E-state index contributed by atoms with van der Waals surface area (Å²) in [5.74, 6) is -1.72. The van der Waals surface area contributed by atoms with E-state index in [4.69, 9.17) is 9.15 Å². The molecule has 9 heteroatoms. The van der Waals surface area contributed by atoms with E-state index in [0.29, 0.717) is 33.4 Å². The van der Waals surface area contributed by atoms with E-state index < -0.39 is 29.6 Å². The van der Waals surface area contributed by atoms with Gasteiger partial charge >= 0.3 is 5.63 Å². The van der Waals surface area contributed by atoms with E-state index in [0.717, 1.165) is 16.5 Å². The van der Waals surface area contributed by atoms with Gasteiger partial charge in [0.2, 0.25) is 0 Å². The molecule has 2 heterocycles. The zero-order valence-electron chi connectivity index (χ0n) is 19.7. The van der Waals surface area contributed by atoms with Gasteiger partial charge in [-0.2, -0.15) is 0 Å². The van der Waals surface area contributed by atoms with Crippen LogP contribution in [0.2, 0.25) is 0 Å². The molecule has 0 fully saturated rings. The van der Waals surface area contributed by atoms with Gasteiger partial charge in [-0.15, -0.1) is 0 Å². The number of aromatic hydroxyl groups is 1. The lowest BCUT2D eigenvalue weighted by atomic mass is 10.0. The number of H-pyrrole nitrogens is 1. The second-order valence-corrected chi connectivity index (χ2v) is 8.59. The number of phenolic OH excluding ortho intramolecular Hbond substituents is 1. The summed E-state index contributed by atoms with van der Waals surface area (Å²) in [5.41, 5.74) is 3.14. The van der Waals surface area contributed by atoms with Gasteiger partial charge in [-0.1, -0.05) is 0 Å². The monoisotopic (exact) mass is 477 g/mol. The SMILES string of the molecule is Cc1c(C)c2ccc(O[C@@H](C)C(=O)N[C@H](Cc3c[nH]c4ccc(O)cc34)C(=O)[O-])c(C)c2oc1=O. The van der Waals surface area contributed by atoms with Gasteiger partial charge in [0.05, 0.1) is 12.0 Å². The number of rotatable bonds is 7.